The summed E-state index contributed by atoms with van der Waals surface area (Å²) < 4.78 is 14.1. The van der Waals surface area contributed by atoms with Gasteiger partial charge in [0.1, 0.15) is 10.1 Å². The number of thiocarbonyl (C=S) groups is 1. The highest BCUT2D eigenvalue weighted by Crippen LogP contribution is 2.33. The smallest absolute Gasteiger partial charge is 0.335 e. The zero-order valence-corrected chi connectivity index (χ0v) is 16.6. The van der Waals surface area contributed by atoms with E-state index in [9.17, 15) is 18.8 Å². The summed E-state index contributed by atoms with van der Waals surface area (Å²) in [6, 6.07) is 11.8. The van der Waals surface area contributed by atoms with Crippen LogP contribution in [-0.4, -0.2) is 38.7 Å². The quantitative estimate of drug-likeness (QED) is 0.536. The van der Waals surface area contributed by atoms with Gasteiger partial charge >= 0.3 is 5.97 Å². The summed E-state index contributed by atoms with van der Waals surface area (Å²) in [5.74, 6) is -2.21. The minimum atomic E-state index is -1.05. The van der Waals surface area contributed by atoms with E-state index in [4.69, 9.17) is 17.3 Å². The van der Waals surface area contributed by atoms with Crippen LogP contribution in [0.15, 0.2) is 53.4 Å². The number of anilines is 1. The van der Waals surface area contributed by atoms with Crippen molar-refractivity contribution in [1.82, 2.24) is 4.90 Å². The molecule has 1 aliphatic heterocycles. The summed E-state index contributed by atoms with van der Waals surface area (Å²) in [7, 11) is 0. The largest absolute Gasteiger partial charge is 0.478 e. The molecule has 9 heteroatoms. The van der Waals surface area contributed by atoms with E-state index < -0.39 is 11.8 Å². The van der Waals surface area contributed by atoms with Crippen molar-refractivity contribution in [3.63, 3.8) is 0 Å². The molecule has 1 saturated heterocycles. The highest BCUT2D eigenvalue weighted by atomic mass is 32.2. The molecule has 0 spiro atoms. The van der Waals surface area contributed by atoms with E-state index in [1.54, 1.807) is 18.2 Å². The predicted molar refractivity (Wildman–Crippen MR) is 113 cm³/mol. The number of benzene rings is 2. The number of nitrogens with one attached hydrogen (secondary N) is 1. The number of thioether (sulfide) groups is 1. The minimum Gasteiger partial charge on any atom is -0.478 e. The summed E-state index contributed by atoms with van der Waals surface area (Å²) in [5.41, 5.74) is 0.850. The van der Waals surface area contributed by atoms with Crippen LogP contribution in [0.3, 0.4) is 0 Å². The number of aromatic carboxylic acids is 1. The number of rotatable bonds is 6. The summed E-state index contributed by atoms with van der Waals surface area (Å²) in [4.78, 5) is 37.1. The molecule has 6 nitrogen and oxygen atoms in total. The van der Waals surface area contributed by atoms with Crippen LogP contribution in [0.5, 0.6) is 0 Å². The molecule has 0 radical (unpaired) electrons. The summed E-state index contributed by atoms with van der Waals surface area (Å²) >= 11 is 6.27. The second kappa shape index (κ2) is 8.97. The number of carbonyl (C=O) groups excluding carboxylic acids is 2. The minimum absolute atomic E-state index is 0.0000993. The Morgan fingerprint density at radius 2 is 1.86 bits per heavy atom. The molecule has 0 atom stereocenters. The molecular weight excluding hydrogens is 415 g/mol. The molecule has 0 aliphatic carbocycles. The Hall–Kier alpha value is -3.04. The molecule has 1 fully saturated rings. The fraction of sp³-hybridized carbons (Fsp3) is 0.100. The molecule has 0 saturated carbocycles. The Labute approximate surface area is 175 Å². The van der Waals surface area contributed by atoms with Crippen molar-refractivity contribution in [3.8, 4) is 0 Å². The number of amides is 2. The van der Waals surface area contributed by atoms with Crippen LogP contribution < -0.4 is 5.32 Å². The van der Waals surface area contributed by atoms with Crippen molar-refractivity contribution in [2.75, 3.05) is 11.9 Å². The topological polar surface area (TPSA) is 86.7 Å². The maximum atomic E-state index is 13.8. The van der Waals surface area contributed by atoms with Crippen molar-refractivity contribution < 1.29 is 23.9 Å². The molecule has 2 N–H and O–H groups in total. The number of carboxylic acids is 1. The first-order valence-electron chi connectivity index (χ1n) is 8.48. The number of hydrogen-bond acceptors (Lipinski definition) is 5. The maximum absolute atomic E-state index is 13.8. The lowest BCUT2D eigenvalue weighted by atomic mass is 10.2. The third-order valence-electron chi connectivity index (χ3n) is 4.04. The van der Waals surface area contributed by atoms with E-state index >= 15 is 0 Å². The lowest BCUT2D eigenvalue weighted by molar-refractivity contribution is -0.122. The van der Waals surface area contributed by atoms with Crippen molar-refractivity contribution in [3.05, 3.63) is 70.4 Å². The second-order valence-corrected chi connectivity index (χ2v) is 7.71. The van der Waals surface area contributed by atoms with Gasteiger partial charge in [0.25, 0.3) is 5.91 Å². The molecule has 2 aromatic carbocycles. The lowest BCUT2D eigenvalue weighted by Crippen LogP contribution is -2.31. The number of halogens is 1. The van der Waals surface area contributed by atoms with E-state index in [0.29, 0.717) is 14.9 Å². The fourth-order valence-electron chi connectivity index (χ4n) is 2.56. The van der Waals surface area contributed by atoms with Crippen LogP contribution in [-0.2, 0) is 9.59 Å². The molecule has 0 aromatic heterocycles. The average molecular weight is 430 g/mol. The van der Waals surface area contributed by atoms with Crippen LogP contribution in [0.25, 0.3) is 6.08 Å². The zero-order valence-electron chi connectivity index (χ0n) is 14.9. The summed E-state index contributed by atoms with van der Waals surface area (Å²) in [6.45, 7) is 0.0817. The Morgan fingerprint density at radius 1 is 1.17 bits per heavy atom. The maximum Gasteiger partial charge on any atom is 0.335 e. The van der Waals surface area contributed by atoms with Crippen molar-refractivity contribution >= 4 is 57.8 Å². The first-order chi connectivity index (χ1) is 13.8. The van der Waals surface area contributed by atoms with Crippen LogP contribution in [0.4, 0.5) is 10.1 Å². The Kier molecular flexibility index (Phi) is 6.40. The number of hydrogen-bond donors (Lipinski definition) is 2. The van der Waals surface area contributed by atoms with Gasteiger partial charge in [0, 0.05) is 24.2 Å². The number of nitrogens with zero attached hydrogens (tertiary/aromatic N) is 1. The van der Waals surface area contributed by atoms with Gasteiger partial charge in [0.15, 0.2) is 0 Å². The van der Waals surface area contributed by atoms with Crippen molar-refractivity contribution in [1.29, 1.82) is 0 Å². The second-order valence-electron chi connectivity index (χ2n) is 6.04. The van der Waals surface area contributed by atoms with Crippen LogP contribution >= 0.6 is 24.0 Å². The van der Waals surface area contributed by atoms with Crippen LogP contribution in [0, 0.1) is 5.82 Å². The molecule has 29 heavy (non-hydrogen) atoms. The van der Waals surface area contributed by atoms with Gasteiger partial charge in [-0.15, -0.1) is 0 Å². The SMILES string of the molecule is O=C(CCN1C(=O)/C(=C\c2ccccc2F)SC1=S)Nc1ccc(C(=O)O)cc1. The van der Waals surface area contributed by atoms with E-state index in [1.807, 2.05) is 0 Å². The molecule has 2 aromatic rings. The summed E-state index contributed by atoms with van der Waals surface area (Å²) in [6.07, 6.45) is 1.44. The molecule has 0 bridgehead atoms. The Morgan fingerprint density at radius 3 is 2.52 bits per heavy atom. The van der Waals surface area contributed by atoms with Gasteiger partial charge < -0.3 is 10.4 Å². The highest BCUT2D eigenvalue weighted by molar-refractivity contribution is 8.26. The Balaban J connectivity index is 1.59. The fourth-order valence-corrected chi connectivity index (χ4v) is 3.86. The average Bonchev–Trinajstić information content (AvgIpc) is 2.95. The third-order valence-corrected chi connectivity index (χ3v) is 5.42. The first-order valence-corrected chi connectivity index (χ1v) is 9.71. The summed E-state index contributed by atoms with van der Waals surface area (Å²) in [5, 5.41) is 11.5. The number of carboxylic acid groups (broad SMARTS) is 1. The molecule has 148 valence electrons. The normalized spacial score (nSPS) is 15.1. The number of carbonyl (C=O) groups is 3. The van der Waals surface area contributed by atoms with Crippen molar-refractivity contribution in [2.45, 2.75) is 6.42 Å². The van der Waals surface area contributed by atoms with E-state index in [0.717, 1.165) is 11.8 Å². The van der Waals surface area contributed by atoms with E-state index in [1.165, 1.54) is 41.3 Å². The van der Waals surface area contributed by atoms with Gasteiger partial charge in [-0.1, -0.05) is 42.2 Å². The molecule has 3 rings (SSSR count). The van der Waals surface area contributed by atoms with E-state index in [-0.39, 0.29) is 35.9 Å². The zero-order chi connectivity index (χ0) is 21.0. The van der Waals surface area contributed by atoms with Gasteiger partial charge in [0.05, 0.1) is 10.5 Å². The van der Waals surface area contributed by atoms with Gasteiger partial charge in [-0.05, 0) is 36.4 Å². The van der Waals surface area contributed by atoms with Crippen molar-refractivity contribution in [2.24, 2.45) is 0 Å². The molecular formula is C20H15FN2O4S2. The monoisotopic (exact) mass is 430 g/mol. The van der Waals surface area contributed by atoms with Gasteiger partial charge in [-0.3, -0.25) is 14.5 Å². The third kappa shape index (κ3) is 5.07. The van der Waals surface area contributed by atoms with E-state index in [2.05, 4.69) is 5.32 Å². The predicted octanol–water partition coefficient (Wildman–Crippen LogP) is 3.75. The molecule has 1 heterocycles. The molecule has 1 aliphatic rings. The van der Waals surface area contributed by atoms with Crippen LogP contribution in [0.1, 0.15) is 22.3 Å². The van der Waals surface area contributed by atoms with Gasteiger partial charge in [-0.25, -0.2) is 9.18 Å². The highest BCUT2D eigenvalue weighted by Gasteiger charge is 2.32. The Bertz CT molecular complexity index is 1020. The van der Waals surface area contributed by atoms with Crippen LogP contribution in [0.2, 0.25) is 0 Å². The van der Waals surface area contributed by atoms with Gasteiger partial charge in [0.2, 0.25) is 5.91 Å². The van der Waals surface area contributed by atoms with Gasteiger partial charge in [-0.2, -0.15) is 0 Å². The molecule has 2 amide bonds. The standard InChI is InChI=1S/C20H15FN2O4S2/c21-15-4-2-1-3-13(15)11-16-18(25)23(20(28)29-16)10-9-17(24)22-14-7-5-12(6-8-14)19(26)27/h1-8,11H,9-10H2,(H,22,24)(H,26,27)/b16-11+. The molecule has 0 unspecified atom stereocenters. The first kappa shape index (κ1) is 20.7. The lowest BCUT2D eigenvalue weighted by Gasteiger charge is -2.14.